The van der Waals surface area contributed by atoms with Crippen molar-refractivity contribution in [2.75, 3.05) is 5.32 Å². The maximum atomic E-state index is 11.9. The molecule has 2 aromatic heterocycles. The number of anilines is 1. The molecule has 3 heterocycles. The second-order valence-electron chi connectivity index (χ2n) is 11.9. The van der Waals surface area contributed by atoms with E-state index >= 15 is 0 Å². The van der Waals surface area contributed by atoms with Gasteiger partial charge in [-0.1, -0.05) is 35.6 Å². The summed E-state index contributed by atoms with van der Waals surface area (Å²) in [5, 5.41) is 25.9. The van der Waals surface area contributed by atoms with Gasteiger partial charge in [0, 0.05) is 11.6 Å². The molecule has 0 radical (unpaired) electrons. The van der Waals surface area contributed by atoms with E-state index in [0.717, 1.165) is 46.9 Å². The van der Waals surface area contributed by atoms with Crippen molar-refractivity contribution in [3.63, 3.8) is 0 Å². The van der Waals surface area contributed by atoms with Crippen LogP contribution in [0.5, 0.6) is 0 Å². The Morgan fingerprint density at radius 1 is 1.16 bits per heavy atom. The van der Waals surface area contributed by atoms with Gasteiger partial charge in [-0.15, -0.1) is 0 Å². The van der Waals surface area contributed by atoms with Crippen LogP contribution in [0, 0.1) is 34.5 Å². The molecule has 4 saturated carbocycles. The molecule has 186 valence electrons. The molecule has 37 heavy (non-hydrogen) atoms. The highest BCUT2D eigenvalue weighted by atomic mass is 32.1. The number of rotatable bonds is 5. The Labute approximate surface area is 220 Å². The van der Waals surface area contributed by atoms with Gasteiger partial charge in [0.15, 0.2) is 5.13 Å². The fourth-order valence-electron chi connectivity index (χ4n) is 8.57. The highest BCUT2D eigenvalue weighted by molar-refractivity contribution is 7.22. The predicted molar refractivity (Wildman–Crippen MR) is 144 cm³/mol. The van der Waals surface area contributed by atoms with Crippen LogP contribution in [0.15, 0.2) is 55.0 Å². The number of aromatic nitrogens is 3. The molecule has 6 nitrogen and oxygen atoms in total. The number of aliphatic hydroxyl groups is 1. The lowest BCUT2D eigenvalue weighted by atomic mass is 9.46. The van der Waals surface area contributed by atoms with Crippen molar-refractivity contribution in [2.24, 2.45) is 23.2 Å². The average Bonchev–Trinajstić information content (AvgIpc) is 3.61. The van der Waals surface area contributed by atoms with Gasteiger partial charge in [-0.25, -0.2) is 9.97 Å². The van der Waals surface area contributed by atoms with Crippen LogP contribution in [0.2, 0.25) is 0 Å². The largest absolute Gasteiger partial charge is 0.392 e. The van der Waals surface area contributed by atoms with E-state index in [-0.39, 0.29) is 17.6 Å². The highest BCUT2D eigenvalue weighted by Crippen LogP contribution is 2.63. The monoisotopic (exact) mass is 507 g/mol. The third-order valence-corrected chi connectivity index (χ3v) is 10.8. The van der Waals surface area contributed by atoms with Gasteiger partial charge in [0.25, 0.3) is 0 Å². The van der Waals surface area contributed by atoms with Gasteiger partial charge < -0.3 is 15.0 Å². The molecular formula is C30H29N5OS. The summed E-state index contributed by atoms with van der Waals surface area (Å²) in [6.07, 6.45) is 10.2. The van der Waals surface area contributed by atoms with Crippen LogP contribution in [0.3, 0.4) is 0 Å². The topological polar surface area (TPSA) is 86.8 Å². The van der Waals surface area contributed by atoms with Crippen LogP contribution in [0.25, 0.3) is 21.5 Å². The molecule has 6 unspecified atom stereocenters. The van der Waals surface area contributed by atoms with Gasteiger partial charge in [0.2, 0.25) is 0 Å². The van der Waals surface area contributed by atoms with Gasteiger partial charge in [-0.3, -0.25) is 0 Å². The van der Waals surface area contributed by atoms with E-state index < -0.39 is 0 Å². The van der Waals surface area contributed by atoms with Crippen LogP contribution in [0.1, 0.15) is 55.7 Å². The van der Waals surface area contributed by atoms with E-state index in [2.05, 4.69) is 45.2 Å². The van der Waals surface area contributed by atoms with E-state index in [9.17, 15) is 10.4 Å². The molecule has 0 amide bonds. The van der Waals surface area contributed by atoms with Crippen LogP contribution < -0.4 is 5.32 Å². The van der Waals surface area contributed by atoms with Gasteiger partial charge in [-0.2, -0.15) is 5.26 Å². The molecule has 9 rings (SSSR count). The Morgan fingerprint density at radius 3 is 2.84 bits per heavy atom. The van der Waals surface area contributed by atoms with E-state index in [1.807, 2.05) is 30.7 Å². The Hall–Kier alpha value is -3.21. The van der Waals surface area contributed by atoms with Crippen molar-refractivity contribution in [2.45, 2.75) is 56.7 Å². The number of fused-ring (bicyclic) bond motifs is 4. The molecule has 0 spiro atoms. The number of hydrogen-bond acceptors (Lipinski definition) is 6. The zero-order valence-electron chi connectivity index (χ0n) is 20.5. The van der Waals surface area contributed by atoms with Crippen LogP contribution >= 0.6 is 11.3 Å². The number of aliphatic hydroxyl groups excluding tert-OH is 1. The maximum Gasteiger partial charge on any atom is 0.184 e. The first-order valence-electron chi connectivity index (χ1n) is 13.5. The smallest absolute Gasteiger partial charge is 0.184 e. The zero-order chi connectivity index (χ0) is 24.7. The summed E-state index contributed by atoms with van der Waals surface area (Å²) in [5.74, 6) is 1.86. The van der Waals surface area contributed by atoms with Crippen molar-refractivity contribution in [3.8, 4) is 17.3 Å². The van der Waals surface area contributed by atoms with Crippen molar-refractivity contribution >= 4 is 26.7 Å². The number of imidazole rings is 1. The number of benzene rings is 2. The number of thiazole rings is 1. The van der Waals surface area contributed by atoms with E-state index in [4.69, 9.17) is 4.98 Å². The Kier molecular flexibility index (Phi) is 4.66. The fourth-order valence-corrected chi connectivity index (χ4v) is 9.46. The number of hydrogen-bond donors (Lipinski definition) is 2. The number of nitrogens with zero attached hydrogens (tertiary/aromatic N) is 4. The van der Waals surface area contributed by atoms with Crippen molar-refractivity contribution in [3.05, 3.63) is 66.1 Å². The molecule has 4 aromatic rings. The first-order chi connectivity index (χ1) is 18.1. The van der Waals surface area contributed by atoms with Crippen LogP contribution in [0.4, 0.5) is 5.13 Å². The lowest BCUT2D eigenvalue weighted by Crippen LogP contribution is -2.59. The lowest BCUT2D eigenvalue weighted by molar-refractivity contribution is -0.129. The molecule has 5 aliphatic rings. The minimum absolute atomic E-state index is 0.0161. The third kappa shape index (κ3) is 3.25. The van der Waals surface area contributed by atoms with Gasteiger partial charge >= 0.3 is 0 Å². The van der Waals surface area contributed by atoms with E-state index in [0.29, 0.717) is 23.4 Å². The van der Waals surface area contributed by atoms with E-state index in [1.54, 1.807) is 11.3 Å². The lowest BCUT2D eigenvalue weighted by Gasteiger charge is -2.61. The molecule has 1 aliphatic heterocycles. The first-order valence-corrected chi connectivity index (χ1v) is 14.3. The maximum absolute atomic E-state index is 11.9. The average molecular weight is 508 g/mol. The summed E-state index contributed by atoms with van der Waals surface area (Å²) in [5.41, 5.74) is 5.31. The summed E-state index contributed by atoms with van der Waals surface area (Å²) in [6, 6.07) is 17.2. The summed E-state index contributed by atoms with van der Waals surface area (Å²) >= 11 is 1.69. The second kappa shape index (κ2) is 7.89. The second-order valence-corrected chi connectivity index (χ2v) is 12.9. The molecule has 4 bridgehead atoms. The Bertz CT molecular complexity index is 1550. The number of nitrogens with one attached hydrogen (secondary N) is 1. The van der Waals surface area contributed by atoms with Crippen LogP contribution in [-0.2, 0) is 0 Å². The van der Waals surface area contributed by atoms with Crippen molar-refractivity contribution in [1.29, 1.82) is 5.26 Å². The third-order valence-electron chi connectivity index (χ3n) is 9.88. The SMILES string of the molecule is N#Cc1ccc2sc(NC3C4CC5C[C@@H]3CC(C(O)CC3c6ccccc6-c6cncn63)(C5)C4)nc2c1. The molecule has 2 N–H and O–H groups in total. The summed E-state index contributed by atoms with van der Waals surface area (Å²) in [6.45, 7) is 0. The fraction of sp³-hybridized carbons (Fsp3) is 0.433. The molecule has 2 aromatic carbocycles. The van der Waals surface area contributed by atoms with Crippen molar-refractivity contribution < 1.29 is 5.11 Å². The summed E-state index contributed by atoms with van der Waals surface area (Å²) < 4.78 is 3.39. The molecular weight excluding hydrogens is 478 g/mol. The van der Waals surface area contributed by atoms with Crippen molar-refractivity contribution in [1.82, 2.24) is 14.5 Å². The normalized spacial score (nSPS) is 31.7. The summed E-state index contributed by atoms with van der Waals surface area (Å²) in [7, 11) is 0. The van der Waals surface area contributed by atoms with Crippen LogP contribution in [-0.4, -0.2) is 31.8 Å². The minimum Gasteiger partial charge on any atom is -0.392 e. The molecule has 7 heteroatoms. The molecule has 0 saturated heterocycles. The Morgan fingerprint density at radius 2 is 2.00 bits per heavy atom. The van der Waals surface area contributed by atoms with E-state index in [1.165, 1.54) is 29.7 Å². The standard InChI is InChI=1S/C30H29N5OS/c31-14-17-5-6-26-23(9-17)33-29(37-26)34-28-19-7-18-8-20(28)13-30(11-18,12-19)27(36)10-24-21-3-1-2-4-22(21)25-15-32-16-35(24)25/h1-6,9,15-16,18-20,24,27-28,36H,7-8,10-13H2,(H,33,34)/t18?,19-,20?,24?,27?,28?,30?/m1/s1. The highest BCUT2D eigenvalue weighted by Gasteiger charge is 2.58. The van der Waals surface area contributed by atoms with Gasteiger partial charge in [-0.05, 0) is 85.5 Å². The molecule has 7 atom stereocenters. The van der Waals surface area contributed by atoms with Gasteiger partial charge in [0.05, 0.1) is 52.2 Å². The zero-order valence-corrected chi connectivity index (χ0v) is 21.4. The Balaban J connectivity index is 1.04. The quantitative estimate of drug-likeness (QED) is 0.346. The molecule has 4 fully saturated rings. The number of nitriles is 1. The van der Waals surface area contributed by atoms with Gasteiger partial charge in [0.1, 0.15) is 0 Å². The predicted octanol–water partition coefficient (Wildman–Crippen LogP) is 5.99. The first kappa shape index (κ1) is 21.8. The summed E-state index contributed by atoms with van der Waals surface area (Å²) in [4.78, 5) is 9.25. The minimum atomic E-state index is -0.320. The molecule has 4 aliphatic carbocycles.